The Morgan fingerprint density at radius 2 is 1.87 bits per heavy atom. The van der Waals surface area contributed by atoms with Crippen molar-refractivity contribution in [2.24, 2.45) is 0 Å². The number of carbonyl (C=O) groups is 1. The van der Waals surface area contributed by atoms with Crippen molar-refractivity contribution >= 4 is 24.9 Å². The molecule has 0 spiro atoms. The van der Waals surface area contributed by atoms with Gasteiger partial charge in [0.25, 0.3) is 0 Å². The summed E-state index contributed by atoms with van der Waals surface area (Å²) in [5, 5.41) is 16.0. The highest BCUT2D eigenvalue weighted by molar-refractivity contribution is 6.56. The molecule has 2 aromatic rings. The first-order valence-electron chi connectivity index (χ1n) is 9.68. The number of nitrogens with two attached hydrogens (primary N) is 1. The Kier molecular flexibility index (Phi) is 5.75. The van der Waals surface area contributed by atoms with Crippen LogP contribution in [-0.4, -0.2) is 40.6 Å². The maximum absolute atomic E-state index is 11.5. The van der Waals surface area contributed by atoms with Crippen molar-refractivity contribution in [1.29, 1.82) is 5.26 Å². The van der Waals surface area contributed by atoms with Crippen LogP contribution in [0.1, 0.15) is 45.7 Å². The summed E-state index contributed by atoms with van der Waals surface area (Å²) in [6, 6.07) is 9.53. The van der Waals surface area contributed by atoms with Gasteiger partial charge in [0.05, 0.1) is 23.1 Å². The van der Waals surface area contributed by atoms with Crippen molar-refractivity contribution in [3.63, 3.8) is 0 Å². The second-order valence-electron chi connectivity index (χ2n) is 8.28. The molecule has 0 aliphatic carbocycles. The SMILES string of the molecule is CC(=O)NCC(=Cc1ccc(-n2ncc(C#N)c2N)cc1)B1OC(C)(C)C(C)(C)O1. The van der Waals surface area contributed by atoms with Crippen LogP contribution in [0.25, 0.3) is 11.8 Å². The summed E-state index contributed by atoms with van der Waals surface area (Å²) in [4.78, 5) is 11.5. The number of nitriles is 1. The fourth-order valence-electron chi connectivity index (χ4n) is 3.00. The molecule has 3 N–H and O–H groups in total. The van der Waals surface area contributed by atoms with Gasteiger partial charge in [0.1, 0.15) is 17.5 Å². The monoisotopic (exact) mass is 407 g/mol. The van der Waals surface area contributed by atoms with E-state index in [1.807, 2.05) is 64.1 Å². The van der Waals surface area contributed by atoms with Crippen molar-refractivity contribution in [1.82, 2.24) is 15.1 Å². The Morgan fingerprint density at radius 1 is 1.27 bits per heavy atom. The Morgan fingerprint density at radius 3 is 2.37 bits per heavy atom. The topological polar surface area (TPSA) is 115 Å². The van der Waals surface area contributed by atoms with Gasteiger partial charge in [-0.3, -0.25) is 4.79 Å². The Bertz CT molecular complexity index is 1000. The number of nitrogens with one attached hydrogen (secondary N) is 1. The highest BCUT2D eigenvalue weighted by atomic mass is 16.7. The molecule has 156 valence electrons. The minimum atomic E-state index is -0.568. The van der Waals surface area contributed by atoms with Crippen molar-refractivity contribution in [2.75, 3.05) is 12.3 Å². The molecule has 1 aromatic heterocycles. The molecule has 9 heteroatoms. The summed E-state index contributed by atoms with van der Waals surface area (Å²) in [6.07, 6.45) is 3.38. The predicted molar refractivity (Wildman–Crippen MR) is 115 cm³/mol. The van der Waals surface area contributed by atoms with Gasteiger partial charge >= 0.3 is 7.12 Å². The molecule has 1 aromatic carbocycles. The average Bonchev–Trinajstić information content (AvgIpc) is 3.14. The smallest absolute Gasteiger partial charge is 0.400 e. The number of anilines is 1. The number of amides is 1. The summed E-state index contributed by atoms with van der Waals surface area (Å²) >= 11 is 0. The van der Waals surface area contributed by atoms with Crippen LogP contribution in [0.5, 0.6) is 0 Å². The number of rotatable bonds is 5. The Labute approximate surface area is 176 Å². The van der Waals surface area contributed by atoms with E-state index in [0.717, 1.165) is 16.7 Å². The number of aromatic nitrogens is 2. The molecule has 0 atom stereocenters. The second kappa shape index (κ2) is 7.97. The van der Waals surface area contributed by atoms with Gasteiger partial charge < -0.3 is 20.4 Å². The first kappa shape index (κ1) is 21.6. The van der Waals surface area contributed by atoms with E-state index in [4.69, 9.17) is 20.3 Å². The second-order valence-corrected chi connectivity index (χ2v) is 8.28. The third-order valence-electron chi connectivity index (χ3n) is 5.51. The predicted octanol–water partition coefficient (Wildman–Crippen LogP) is 2.48. The van der Waals surface area contributed by atoms with Crippen LogP contribution in [0.15, 0.2) is 35.9 Å². The molecule has 0 unspecified atom stereocenters. The van der Waals surface area contributed by atoms with Crippen LogP contribution in [-0.2, 0) is 14.1 Å². The quantitative estimate of drug-likeness (QED) is 0.736. The molecule has 1 saturated heterocycles. The van der Waals surface area contributed by atoms with Crippen molar-refractivity contribution < 1.29 is 14.1 Å². The van der Waals surface area contributed by atoms with Gasteiger partial charge in [0.15, 0.2) is 0 Å². The summed E-state index contributed by atoms with van der Waals surface area (Å²) in [6.45, 7) is 9.74. The lowest BCUT2D eigenvalue weighted by molar-refractivity contribution is -0.118. The zero-order valence-electron chi connectivity index (χ0n) is 17.9. The van der Waals surface area contributed by atoms with Gasteiger partial charge in [-0.05, 0) is 50.9 Å². The van der Waals surface area contributed by atoms with Crippen molar-refractivity contribution in [3.05, 3.63) is 47.1 Å². The van der Waals surface area contributed by atoms with Crippen molar-refractivity contribution in [2.45, 2.75) is 45.8 Å². The number of carbonyl (C=O) groups excluding carboxylic acids is 1. The highest BCUT2D eigenvalue weighted by Gasteiger charge is 2.52. The van der Waals surface area contributed by atoms with E-state index < -0.39 is 18.3 Å². The molecular weight excluding hydrogens is 381 g/mol. The van der Waals surface area contributed by atoms with Gasteiger partial charge in [-0.2, -0.15) is 10.4 Å². The summed E-state index contributed by atoms with van der Waals surface area (Å²) in [5.74, 6) is 0.166. The molecule has 30 heavy (non-hydrogen) atoms. The van der Waals surface area contributed by atoms with Crippen LogP contribution in [0.4, 0.5) is 5.82 Å². The molecule has 0 radical (unpaired) electrons. The molecule has 1 amide bonds. The van der Waals surface area contributed by atoms with Gasteiger partial charge in [0, 0.05) is 13.5 Å². The third kappa shape index (κ3) is 4.25. The number of nitrogens with zero attached hydrogens (tertiary/aromatic N) is 3. The van der Waals surface area contributed by atoms with Gasteiger partial charge in [-0.25, -0.2) is 4.68 Å². The fourth-order valence-corrected chi connectivity index (χ4v) is 3.00. The summed E-state index contributed by atoms with van der Waals surface area (Å²) in [5.41, 5.74) is 7.78. The molecule has 0 saturated carbocycles. The number of nitrogen functional groups attached to an aromatic ring is 1. The maximum Gasteiger partial charge on any atom is 0.492 e. The molecule has 0 bridgehead atoms. The first-order chi connectivity index (χ1) is 14.0. The Hall–Kier alpha value is -3.09. The summed E-state index contributed by atoms with van der Waals surface area (Å²) in [7, 11) is -0.568. The lowest BCUT2D eigenvalue weighted by Crippen LogP contribution is -2.41. The van der Waals surface area contributed by atoms with E-state index in [-0.39, 0.29) is 5.91 Å². The van der Waals surface area contributed by atoms with Gasteiger partial charge in [-0.1, -0.05) is 18.2 Å². The van der Waals surface area contributed by atoms with Gasteiger partial charge in [-0.15, -0.1) is 0 Å². The van der Waals surface area contributed by atoms with Crippen LogP contribution in [0, 0.1) is 11.3 Å². The zero-order chi connectivity index (χ0) is 22.1. The third-order valence-corrected chi connectivity index (χ3v) is 5.51. The van der Waals surface area contributed by atoms with E-state index in [0.29, 0.717) is 17.9 Å². The Balaban J connectivity index is 1.88. The molecule has 1 aliphatic heterocycles. The van der Waals surface area contributed by atoms with Crippen LogP contribution in [0.3, 0.4) is 0 Å². The number of benzene rings is 1. The number of hydrogen-bond acceptors (Lipinski definition) is 6. The normalized spacial score (nSPS) is 17.6. The van der Waals surface area contributed by atoms with Crippen LogP contribution < -0.4 is 11.1 Å². The zero-order valence-corrected chi connectivity index (χ0v) is 17.9. The van der Waals surface area contributed by atoms with E-state index in [1.54, 1.807) is 0 Å². The van der Waals surface area contributed by atoms with E-state index >= 15 is 0 Å². The molecule has 2 heterocycles. The highest BCUT2D eigenvalue weighted by Crippen LogP contribution is 2.38. The standard InChI is InChI=1S/C21H26BN5O3/c1-14(28)25-13-17(22-29-20(2,3)21(4,5)30-22)10-15-6-8-18(9-7-15)27-19(24)16(11-23)12-26-27/h6-10,12H,13,24H2,1-5H3,(H,25,28). The fraction of sp³-hybridized carbons (Fsp3) is 0.381. The molecule has 1 fully saturated rings. The molecular formula is C21H26BN5O3. The lowest BCUT2D eigenvalue weighted by Gasteiger charge is -2.32. The molecule has 1 aliphatic rings. The summed E-state index contributed by atoms with van der Waals surface area (Å²) < 4.78 is 13.8. The van der Waals surface area contributed by atoms with E-state index in [2.05, 4.69) is 10.4 Å². The van der Waals surface area contributed by atoms with Crippen LogP contribution in [0.2, 0.25) is 0 Å². The van der Waals surface area contributed by atoms with Crippen molar-refractivity contribution in [3.8, 4) is 11.8 Å². The molecule has 8 nitrogen and oxygen atoms in total. The van der Waals surface area contributed by atoms with E-state index in [1.165, 1.54) is 17.8 Å². The molecule has 3 rings (SSSR count). The minimum absolute atomic E-state index is 0.129. The largest absolute Gasteiger partial charge is 0.492 e. The minimum Gasteiger partial charge on any atom is -0.400 e. The lowest BCUT2D eigenvalue weighted by atomic mass is 9.77. The van der Waals surface area contributed by atoms with Gasteiger partial charge in [0.2, 0.25) is 5.91 Å². The maximum atomic E-state index is 11.5. The first-order valence-corrected chi connectivity index (χ1v) is 9.68. The number of hydrogen-bond donors (Lipinski definition) is 2. The van der Waals surface area contributed by atoms with E-state index in [9.17, 15) is 4.79 Å². The average molecular weight is 407 g/mol. The van der Waals surface area contributed by atoms with Crippen LogP contribution >= 0.6 is 0 Å².